The van der Waals surface area contributed by atoms with Gasteiger partial charge in [-0.3, -0.25) is 4.98 Å². The third-order valence-corrected chi connectivity index (χ3v) is 9.60. The maximum atomic E-state index is 15.6. The Kier molecular flexibility index (Phi) is 9.36. The lowest BCUT2D eigenvalue weighted by Gasteiger charge is -2.41. The molecule has 0 amide bonds. The van der Waals surface area contributed by atoms with E-state index in [0.29, 0.717) is 40.1 Å². The molecule has 1 aromatic heterocycles. The molecule has 1 aromatic carbocycles. The van der Waals surface area contributed by atoms with E-state index in [1.54, 1.807) is 13.2 Å². The summed E-state index contributed by atoms with van der Waals surface area (Å²) in [4.78, 5) is 6.86. The Morgan fingerprint density at radius 2 is 2.06 bits per heavy atom. The number of pyridine rings is 1. The van der Waals surface area contributed by atoms with Crippen LogP contribution in [-0.4, -0.2) is 59.3 Å². The zero-order valence-corrected chi connectivity index (χ0v) is 21.9. The van der Waals surface area contributed by atoms with Gasteiger partial charge in [0.2, 0.25) is 0 Å². The number of aliphatic hydroxyl groups excluding tert-OH is 1. The van der Waals surface area contributed by atoms with Gasteiger partial charge in [0.1, 0.15) is 11.9 Å². The number of thioether (sulfide) groups is 1. The first-order chi connectivity index (χ1) is 16.5. The van der Waals surface area contributed by atoms with Gasteiger partial charge in [-0.1, -0.05) is 24.4 Å². The van der Waals surface area contributed by atoms with E-state index in [9.17, 15) is 5.11 Å². The highest BCUT2D eigenvalue weighted by Crippen LogP contribution is 2.42. The molecular formula is C27H38ClFN2O2S. The standard InChI is InChI=1S/C27H38ClFN2O2S/c1-33-20-7-8-25-22(17-20)26(23(28)18-30-25)24(29)9-10-27(19-32)11-14-31(15-12-27)13-4-16-34-21-5-2-3-6-21/h7-8,17-18,21,24,32H,2-6,9-16,19H2,1H3/t24-/m1/s1. The highest BCUT2D eigenvalue weighted by Gasteiger charge is 2.35. The number of aliphatic hydroxyl groups is 1. The van der Waals surface area contributed by atoms with Crippen molar-refractivity contribution in [3.8, 4) is 5.75 Å². The molecule has 0 bridgehead atoms. The number of aromatic nitrogens is 1. The predicted molar refractivity (Wildman–Crippen MR) is 141 cm³/mol. The number of rotatable bonds is 11. The molecule has 1 aliphatic carbocycles. The number of methoxy groups -OCH3 is 1. The summed E-state index contributed by atoms with van der Waals surface area (Å²) in [5.74, 6) is 1.91. The van der Waals surface area contributed by atoms with Gasteiger partial charge in [-0.05, 0) is 93.9 Å². The summed E-state index contributed by atoms with van der Waals surface area (Å²) in [5, 5.41) is 12.2. The maximum Gasteiger partial charge on any atom is 0.127 e. The fourth-order valence-electron chi connectivity index (χ4n) is 5.52. The first-order valence-electron chi connectivity index (χ1n) is 12.7. The molecule has 1 atom stereocenters. The maximum absolute atomic E-state index is 15.6. The molecule has 2 aromatic rings. The topological polar surface area (TPSA) is 45.6 Å². The number of hydrogen-bond acceptors (Lipinski definition) is 5. The Morgan fingerprint density at radius 1 is 1.29 bits per heavy atom. The van der Waals surface area contributed by atoms with Crippen molar-refractivity contribution in [3.63, 3.8) is 0 Å². The molecule has 7 heteroatoms. The molecule has 2 fully saturated rings. The minimum Gasteiger partial charge on any atom is -0.497 e. The molecule has 0 spiro atoms. The van der Waals surface area contributed by atoms with Crippen LogP contribution in [0.4, 0.5) is 4.39 Å². The van der Waals surface area contributed by atoms with Crippen molar-refractivity contribution in [2.75, 3.05) is 39.1 Å². The van der Waals surface area contributed by atoms with Gasteiger partial charge in [-0.15, -0.1) is 0 Å². The van der Waals surface area contributed by atoms with Crippen LogP contribution in [0.1, 0.15) is 69.5 Å². The van der Waals surface area contributed by atoms with Crippen LogP contribution in [0, 0.1) is 5.41 Å². The van der Waals surface area contributed by atoms with Crippen molar-refractivity contribution in [1.82, 2.24) is 9.88 Å². The van der Waals surface area contributed by atoms with E-state index < -0.39 is 6.17 Å². The van der Waals surface area contributed by atoms with Gasteiger partial charge in [0.05, 0.1) is 17.6 Å². The van der Waals surface area contributed by atoms with E-state index in [2.05, 4.69) is 21.6 Å². The lowest BCUT2D eigenvalue weighted by atomic mass is 9.74. The zero-order valence-electron chi connectivity index (χ0n) is 20.3. The Labute approximate surface area is 212 Å². The number of halogens is 2. The summed E-state index contributed by atoms with van der Waals surface area (Å²) >= 11 is 8.56. The Balaban J connectivity index is 1.30. The van der Waals surface area contributed by atoms with Gasteiger partial charge in [0, 0.05) is 29.0 Å². The van der Waals surface area contributed by atoms with Crippen molar-refractivity contribution in [2.24, 2.45) is 5.41 Å². The molecule has 1 aliphatic heterocycles. The normalized spacial score (nSPS) is 20.1. The van der Waals surface area contributed by atoms with Crippen LogP contribution in [0.2, 0.25) is 5.02 Å². The second-order valence-corrected chi connectivity index (χ2v) is 11.9. The van der Waals surface area contributed by atoms with Gasteiger partial charge in [-0.25, -0.2) is 4.39 Å². The van der Waals surface area contributed by atoms with E-state index in [4.69, 9.17) is 16.3 Å². The smallest absolute Gasteiger partial charge is 0.127 e. The molecular weight excluding hydrogens is 471 g/mol. The summed E-state index contributed by atoms with van der Waals surface area (Å²) in [5.41, 5.74) is 0.988. The minimum absolute atomic E-state index is 0.115. The average molecular weight is 509 g/mol. The average Bonchev–Trinajstić information content (AvgIpc) is 3.39. The number of fused-ring (bicyclic) bond motifs is 1. The molecule has 0 radical (unpaired) electrons. The Bertz CT molecular complexity index is 932. The first kappa shape index (κ1) is 26.0. The van der Waals surface area contributed by atoms with Gasteiger partial charge in [0.15, 0.2) is 0 Å². The molecule has 188 valence electrons. The molecule has 1 N–H and O–H groups in total. The number of benzene rings is 1. The third-order valence-electron chi connectivity index (χ3n) is 7.84. The quantitative estimate of drug-likeness (QED) is 0.337. The van der Waals surface area contributed by atoms with Crippen LogP contribution in [0.3, 0.4) is 0 Å². The van der Waals surface area contributed by atoms with Crippen molar-refractivity contribution in [1.29, 1.82) is 0 Å². The second kappa shape index (κ2) is 12.2. The van der Waals surface area contributed by atoms with Crippen molar-refractivity contribution in [3.05, 3.63) is 35.0 Å². The molecule has 0 unspecified atom stereocenters. The molecule has 34 heavy (non-hydrogen) atoms. The van der Waals surface area contributed by atoms with E-state index in [1.165, 1.54) is 44.1 Å². The monoisotopic (exact) mass is 508 g/mol. The predicted octanol–water partition coefficient (Wildman–Crippen LogP) is 6.83. The fourth-order valence-corrected chi connectivity index (χ4v) is 7.09. The Morgan fingerprint density at radius 3 is 2.76 bits per heavy atom. The summed E-state index contributed by atoms with van der Waals surface area (Å²) < 4.78 is 20.9. The third kappa shape index (κ3) is 6.37. The largest absolute Gasteiger partial charge is 0.497 e. The first-order valence-corrected chi connectivity index (χ1v) is 14.2. The molecule has 1 saturated carbocycles. The summed E-state index contributed by atoms with van der Waals surface area (Å²) in [6, 6.07) is 5.46. The van der Waals surface area contributed by atoms with Crippen LogP contribution in [0.15, 0.2) is 24.4 Å². The van der Waals surface area contributed by atoms with E-state index in [0.717, 1.165) is 37.7 Å². The lowest BCUT2D eigenvalue weighted by molar-refractivity contribution is 0.0304. The van der Waals surface area contributed by atoms with E-state index in [1.807, 2.05) is 12.1 Å². The minimum atomic E-state index is -1.21. The SMILES string of the molecule is COc1ccc2ncc(Cl)c([C@H](F)CCC3(CO)CCN(CCCSC4CCCC4)CC3)c2c1. The Hall–Kier alpha value is -1.08. The number of likely N-dealkylation sites (tertiary alicyclic amines) is 1. The summed E-state index contributed by atoms with van der Waals surface area (Å²) in [7, 11) is 1.59. The van der Waals surface area contributed by atoms with Crippen LogP contribution in [0.25, 0.3) is 10.9 Å². The van der Waals surface area contributed by atoms with Gasteiger partial charge in [-0.2, -0.15) is 11.8 Å². The highest BCUT2D eigenvalue weighted by molar-refractivity contribution is 7.99. The van der Waals surface area contributed by atoms with Crippen LogP contribution < -0.4 is 4.74 Å². The summed E-state index contributed by atoms with van der Waals surface area (Å²) in [6.45, 7) is 3.22. The van der Waals surface area contributed by atoms with Crippen LogP contribution >= 0.6 is 23.4 Å². The number of piperidine rings is 1. The van der Waals surface area contributed by atoms with Crippen LogP contribution in [0.5, 0.6) is 5.75 Å². The van der Waals surface area contributed by atoms with Crippen molar-refractivity contribution in [2.45, 2.75) is 69.2 Å². The van der Waals surface area contributed by atoms with Gasteiger partial charge in [0.25, 0.3) is 0 Å². The van der Waals surface area contributed by atoms with Crippen molar-refractivity contribution >= 4 is 34.3 Å². The van der Waals surface area contributed by atoms with E-state index in [-0.39, 0.29) is 12.0 Å². The molecule has 2 aliphatic rings. The molecule has 1 saturated heterocycles. The number of hydrogen-bond donors (Lipinski definition) is 1. The second-order valence-electron chi connectivity index (χ2n) is 10.0. The molecule has 2 heterocycles. The molecule has 4 rings (SSSR count). The number of nitrogens with zero attached hydrogens (tertiary/aromatic N) is 2. The lowest BCUT2D eigenvalue weighted by Crippen LogP contribution is -2.42. The van der Waals surface area contributed by atoms with Gasteiger partial charge >= 0.3 is 0 Å². The van der Waals surface area contributed by atoms with E-state index >= 15 is 4.39 Å². The summed E-state index contributed by atoms with van der Waals surface area (Å²) in [6.07, 6.45) is 10.0. The van der Waals surface area contributed by atoms with Crippen molar-refractivity contribution < 1.29 is 14.2 Å². The number of ether oxygens (including phenoxy) is 1. The van der Waals surface area contributed by atoms with Crippen LogP contribution in [-0.2, 0) is 0 Å². The molecule has 4 nitrogen and oxygen atoms in total. The fraction of sp³-hybridized carbons (Fsp3) is 0.667. The number of alkyl halides is 1. The zero-order chi connectivity index (χ0) is 24.0. The highest BCUT2D eigenvalue weighted by atomic mass is 35.5. The van der Waals surface area contributed by atoms with Gasteiger partial charge < -0.3 is 14.7 Å².